The van der Waals surface area contributed by atoms with Crippen molar-refractivity contribution in [2.45, 2.75) is 26.3 Å². The van der Waals surface area contributed by atoms with Crippen LogP contribution in [0.4, 0.5) is 4.79 Å². The highest BCUT2D eigenvalue weighted by Crippen LogP contribution is 1.94. The van der Waals surface area contributed by atoms with E-state index in [9.17, 15) is 4.79 Å². The van der Waals surface area contributed by atoms with Crippen molar-refractivity contribution in [3.8, 4) is 0 Å². The maximum absolute atomic E-state index is 10.3. The Hall–Kier alpha value is -0.970. The molecule has 0 aliphatic rings. The van der Waals surface area contributed by atoms with Gasteiger partial charge in [-0.25, -0.2) is 10.2 Å². The van der Waals surface area contributed by atoms with E-state index in [-0.39, 0.29) is 5.54 Å². The van der Waals surface area contributed by atoms with E-state index in [2.05, 4.69) is 16.0 Å². The fraction of sp³-hybridized carbons (Fsp3) is 0.800. The molecule has 10 heavy (non-hydrogen) atoms. The quantitative estimate of drug-likeness (QED) is 0.379. The molecule has 0 aliphatic carbocycles. The molecule has 0 aliphatic heterocycles. The van der Waals surface area contributed by atoms with Crippen molar-refractivity contribution in [3.05, 3.63) is 0 Å². The summed E-state index contributed by atoms with van der Waals surface area (Å²) in [5.41, 5.74) is 11.0. The highest BCUT2D eigenvalue weighted by molar-refractivity contribution is 5.73. The molecule has 58 valence electrons. The van der Waals surface area contributed by atoms with Crippen LogP contribution >= 0.6 is 0 Å². The lowest BCUT2D eigenvalue weighted by molar-refractivity contribution is 0.235. The monoisotopic (exact) mass is 144 g/mol. The first kappa shape index (κ1) is 9.03. The van der Waals surface area contributed by atoms with Crippen LogP contribution < -0.4 is 10.9 Å². The van der Waals surface area contributed by atoms with Gasteiger partial charge >= 0.3 is 6.03 Å². The predicted octanol–water partition coefficient (Wildman–Crippen LogP) is 1.03. The fourth-order valence-electron chi connectivity index (χ4n) is 0.269. The van der Waals surface area contributed by atoms with Crippen molar-refractivity contribution >= 4 is 6.03 Å². The molecule has 5 nitrogen and oxygen atoms in total. The maximum Gasteiger partial charge on any atom is 0.373 e. The summed E-state index contributed by atoms with van der Waals surface area (Å²) in [6.45, 7) is 5.66. The number of hydrogen-bond donors (Lipinski definition) is 3. The van der Waals surface area contributed by atoms with Crippen LogP contribution in [0.15, 0.2) is 5.11 Å². The van der Waals surface area contributed by atoms with E-state index in [1.807, 2.05) is 20.8 Å². The fourth-order valence-corrected chi connectivity index (χ4v) is 0.269. The summed E-state index contributed by atoms with van der Waals surface area (Å²) in [7, 11) is 0. The number of carbonyl (C=O) groups is 1. The van der Waals surface area contributed by atoms with Crippen LogP contribution in [-0.2, 0) is 0 Å². The molecule has 0 aromatic carbocycles. The largest absolute Gasteiger partial charge is 0.373 e. The molecular formula is C5H12N4O. The lowest BCUT2D eigenvalue weighted by Crippen LogP contribution is -2.47. The minimum atomic E-state index is -0.685. The Bertz CT molecular complexity index is 137. The van der Waals surface area contributed by atoms with Crippen LogP contribution in [0.5, 0.6) is 0 Å². The first-order valence-electron chi connectivity index (χ1n) is 2.90. The van der Waals surface area contributed by atoms with Crippen molar-refractivity contribution < 1.29 is 4.79 Å². The summed E-state index contributed by atoms with van der Waals surface area (Å²) < 4.78 is 0. The summed E-state index contributed by atoms with van der Waals surface area (Å²) >= 11 is 0. The van der Waals surface area contributed by atoms with E-state index < -0.39 is 6.03 Å². The summed E-state index contributed by atoms with van der Waals surface area (Å²) in [6, 6.07) is -0.685. The van der Waals surface area contributed by atoms with E-state index in [0.717, 1.165) is 0 Å². The first-order valence-corrected chi connectivity index (χ1v) is 2.90. The number of amides is 2. The van der Waals surface area contributed by atoms with Gasteiger partial charge in [0.05, 0.1) is 0 Å². The molecule has 0 radical (unpaired) electrons. The normalized spacial score (nSPS) is 10.7. The second-order valence-corrected chi connectivity index (χ2v) is 2.92. The molecular weight excluding hydrogens is 132 g/mol. The van der Waals surface area contributed by atoms with Gasteiger partial charge in [-0.05, 0) is 20.8 Å². The average molecular weight is 144 g/mol. The van der Waals surface area contributed by atoms with Gasteiger partial charge < -0.3 is 0 Å². The van der Waals surface area contributed by atoms with Gasteiger partial charge in [0.25, 0.3) is 0 Å². The Morgan fingerprint density at radius 2 is 2.00 bits per heavy atom. The molecule has 5 heteroatoms. The molecule has 0 fully saturated rings. The Morgan fingerprint density at radius 3 is 2.30 bits per heavy atom. The molecule has 2 amide bonds. The molecule has 0 unspecified atom stereocenters. The van der Waals surface area contributed by atoms with Gasteiger partial charge in [-0.2, -0.15) is 5.53 Å². The van der Waals surface area contributed by atoms with Crippen LogP contribution in [0, 0.1) is 5.53 Å². The highest BCUT2D eigenvalue weighted by atomic mass is 16.2. The van der Waals surface area contributed by atoms with E-state index in [0.29, 0.717) is 0 Å². The van der Waals surface area contributed by atoms with Crippen molar-refractivity contribution in [1.29, 1.82) is 5.53 Å². The van der Waals surface area contributed by atoms with Crippen LogP contribution in [0.25, 0.3) is 0 Å². The number of carbonyl (C=O) groups excluding carboxylic acids is 1. The van der Waals surface area contributed by atoms with Crippen molar-refractivity contribution in [3.63, 3.8) is 0 Å². The molecule has 0 aromatic heterocycles. The third kappa shape index (κ3) is 5.17. The third-order valence-corrected chi connectivity index (χ3v) is 0.646. The van der Waals surface area contributed by atoms with Crippen molar-refractivity contribution in [2.75, 3.05) is 0 Å². The molecule has 0 heterocycles. The van der Waals surface area contributed by atoms with Crippen LogP contribution in [0.2, 0.25) is 0 Å². The smallest absolute Gasteiger partial charge is 0.270 e. The number of urea groups is 1. The summed E-state index contributed by atoms with van der Waals surface area (Å²) in [4.78, 5) is 10.3. The minimum Gasteiger partial charge on any atom is -0.270 e. The van der Waals surface area contributed by atoms with Gasteiger partial charge in [-0.15, -0.1) is 0 Å². The third-order valence-electron chi connectivity index (χ3n) is 0.646. The Morgan fingerprint density at radius 1 is 1.50 bits per heavy atom. The highest BCUT2D eigenvalue weighted by Gasteiger charge is 2.09. The van der Waals surface area contributed by atoms with Gasteiger partial charge in [0, 0.05) is 5.54 Å². The van der Waals surface area contributed by atoms with Gasteiger partial charge in [-0.3, -0.25) is 5.43 Å². The molecule has 0 rings (SSSR count). The van der Waals surface area contributed by atoms with E-state index >= 15 is 0 Å². The molecule has 0 atom stereocenters. The van der Waals surface area contributed by atoms with E-state index in [1.165, 1.54) is 0 Å². The average Bonchev–Trinajstić information content (AvgIpc) is 1.81. The van der Waals surface area contributed by atoms with E-state index in [4.69, 9.17) is 5.53 Å². The maximum atomic E-state index is 10.3. The predicted molar refractivity (Wildman–Crippen MR) is 36.6 cm³/mol. The summed E-state index contributed by atoms with van der Waals surface area (Å²) in [5, 5.41) is 2.63. The van der Waals surface area contributed by atoms with Gasteiger partial charge in [0.15, 0.2) is 0 Å². The molecule has 0 saturated carbocycles. The first-order chi connectivity index (χ1) is 4.45. The topological polar surface area (TPSA) is 77.3 Å². The zero-order chi connectivity index (χ0) is 8.20. The van der Waals surface area contributed by atoms with Gasteiger partial charge in [-0.1, -0.05) is 5.11 Å². The standard InChI is InChI=1S/C5H12N4O/c1-5(2,3)9-8-4(10)7-6/h6,9H,1-3H3,(H,8,10). The summed E-state index contributed by atoms with van der Waals surface area (Å²) in [5.74, 6) is 0. The Labute approximate surface area is 59.7 Å². The molecule has 0 aromatic rings. The SMILES string of the molecule is CC(C)(C)NNC(=O)N=N. The molecule has 3 N–H and O–H groups in total. The zero-order valence-corrected chi connectivity index (χ0v) is 6.36. The van der Waals surface area contributed by atoms with Crippen molar-refractivity contribution in [2.24, 2.45) is 5.11 Å². The molecule has 0 bridgehead atoms. The number of hydrogen-bond acceptors (Lipinski definition) is 3. The Kier molecular flexibility index (Phi) is 2.95. The second-order valence-electron chi connectivity index (χ2n) is 2.92. The van der Waals surface area contributed by atoms with Crippen molar-refractivity contribution in [1.82, 2.24) is 10.9 Å². The van der Waals surface area contributed by atoms with Crippen LogP contribution in [0.1, 0.15) is 20.8 Å². The number of nitrogens with one attached hydrogen (secondary N) is 3. The molecule has 0 saturated heterocycles. The number of nitrogens with zero attached hydrogens (tertiary/aromatic N) is 1. The van der Waals surface area contributed by atoms with Gasteiger partial charge in [0.2, 0.25) is 0 Å². The number of hydrazine groups is 1. The lowest BCUT2D eigenvalue weighted by atomic mass is 10.1. The van der Waals surface area contributed by atoms with Crippen LogP contribution in [0.3, 0.4) is 0 Å². The second kappa shape index (κ2) is 3.26. The molecule has 0 spiro atoms. The van der Waals surface area contributed by atoms with E-state index in [1.54, 1.807) is 0 Å². The lowest BCUT2D eigenvalue weighted by Gasteiger charge is -2.19. The number of rotatable bonds is 1. The zero-order valence-electron chi connectivity index (χ0n) is 6.36. The summed E-state index contributed by atoms with van der Waals surface area (Å²) in [6.07, 6.45) is 0. The van der Waals surface area contributed by atoms with Gasteiger partial charge in [0.1, 0.15) is 0 Å². The minimum absolute atomic E-state index is 0.194. The van der Waals surface area contributed by atoms with Crippen LogP contribution in [-0.4, -0.2) is 11.6 Å². The Balaban J connectivity index is 3.55.